The number of nitrogens with zero attached hydrogens (tertiary/aromatic N) is 3. The Morgan fingerprint density at radius 2 is 2.11 bits per heavy atom. The summed E-state index contributed by atoms with van der Waals surface area (Å²) in [4.78, 5) is 13.9. The Kier molecular flexibility index (Phi) is 4.20. The van der Waals surface area contributed by atoms with E-state index in [2.05, 4.69) is 4.98 Å². The van der Waals surface area contributed by atoms with Crippen LogP contribution in [0.4, 0.5) is 13.2 Å². The van der Waals surface area contributed by atoms with Crippen molar-refractivity contribution in [3.05, 3.63) is 12.5 Å². The molecule has 0 saturated heterocycles. The molecule has 0 aromatic carbocycles. The van der Waals surface area contributed by atoms with Gasteiger partial charge in [-0.25, -0.2) is 13.4 Å². The molecule has 0 radical (unpaired) electrons. The number of aryl methyl sites for hydroxylation is 1. The van der Waals surface area contributed by atoms with Crippen LogP contribution in [0.1, 0.15) is 0 Å². The van der Waals surface area contributed by atoms with Crippen LogP contribution in [-0.2, 0) is 21.9 Å². The zero-order valence-corrected chi connectivity index (χ0v) is 10.4. The van der Waals surface area contributed by atoms with Crippen molar-refractivity contribution in [2.24, 2.45) is 7.05 Å². The fraction of sp³-hybridized carbons (Fsp3) is 0.500. The molecule has 1 N–H and O–H groups in total. The van der Waals surface area contributed by atoms with E-state index in [1.54, 1.807) is 0 Å². The molecule has 1 heterocycles. The predicted molar refractivity (Wildman–Crippen MR) is 55.7 cm³/mol. The first-order valence-electron chi connectivity index (χ1n) is 4.79. The van der Waals surface area contributed by atoms with Gasteiger partial charge in [0.25, 0.3) is 10.0 Å². The van der Waals surface area contributed by atoms with Crippen LogP contribution in [0.15, 0.2) is 17.6 Å². The molecule has 19 heavy (non-hydrogen) atoms. The highest BCUT2D eigenvalue weighted by atomic mass is 32.2. The van der Waals surface area contributed by atoms with E-state index >= 15 is 0 Å². The van der Waals surface area contributed by atoms with Crippen LogP contribution < -0.4 is 0 Å². The van der Waals surface area contributed by atoms with Gasteiger partial charge >= 0.3 is 12.1 Å². The molecule has 0 atom stereocenters. The summed E-state index contributed by atoms with van der Waals surface area (Å²) in [6, 6.07) is 0. The fourth-order valence-corrected chi connectivity index (χ4v) is 2.57. The molecule has 11 heteroatoms. The van der Waals surface area contributed by atoms with Gasteiger partial charge in [0.1, 0.15) is 13.1 Å². The number of aromatic nitrogens is 2. The first kappa shape index (κ1) is 15.4. The monoisotopic (exact) mass is 301 g/mol. The molecule has 0 fully saturated rings. The average Bonchev–Trinajstić information content (AvgIpc) is 2.61. The minimum Gasteiger partial charge on any atom is -0.480 e. The molecule has 0 aliphatic heterocycles. The molecule has 0 unspecified atom stereocenters. The second-order valence-electron chi connectivity index (χ2n) is 3.66. The van der Waals surface area contributed by atoms with Gasteiger partial charge in [0.15, 0.2) is 5.03 Å². The highest BCUT2D eigenvalue weighted by Crippen LogP contribution is 2.21. The van der Waals surface area contributed by atoms with E-state index in [-0.39, 0.29) is 4.31 Å². The molecule has 1 aromatic heterocycles. The van der Waals surface area contributed by atoms with Crippen molar-refractivity contribution in [3.8, 4) is 0 Å². The zero-order chi connectivity index (χ0) is 14.8. The minimum absolute atomic E-state index is 0.183. The lowest BCUT2D eigenvalue weighted by Gasteiger charge is -2.20. The molecular weight excluding hydrogens is 291 g/mol. The standard InChI is InChI=1S/C8H10F3N3O4S/c1-13-2-6(12-5-13)19(17,18)14(3-7(15)16)4-8(9,10)11/h2,5H,3-4H2,1H3,(H,15,16). The minimum atomic E-state index is -4.85. The molecule has 0 amide bonds. The number of rotatable bonds is 5. The topological polar surface area (TPSA) is 92.5 Å². The number of hydrogen-bond acceptors (Lipinski definition) is 4. The number of carboxylic acid groups (broad SMARTS) is 1. The van der Waals surface area contributed by atoms with Gasteiger partial charge < -0.3 is 9.67 Å². The number of hydrogen-bond donors (Lipinski definition) is 1. The number of aliphatic carboxylic acids is 1. The largest absolute Gasteiger partial charge is 0.480 e. The maximum Gasteiger partial charge on any atom is 0.402 e. The number of halogens is 3. The fourth-order valence-electron chi connectivity index (χ4n) is 1.23. The Bertz CT molecular complexity index is 566. The van der Waals surface area contributed by atoms with Gasteiger partial charge in [0.05, 0.1) is 6.33 Å². The van der Waals surface area contributed by atoms with Crippen LogP contribution in [0.3, 0.4) is 0 Å². The Hall–Kier alpha value is -1.62. The van der Waals surface area contributed by atoms with Crippen LogP contribution in [0.5, 0.6) is 0 Å². The zero-order valence-electron chi connectivity index (χ0n) is 9.62. The van der Waals surface area contributed by atoms with Gasteiger partial charge in [0, 0.05) is 13.2 Å². The van der Waals surface area contributed by atoms with E-state index in [9.17, 15) is 26.4 Å². The summed E-state index contributed by atoms with van der Waals surface area (Å²) in [7, 11) is -3.18. The van der Waals surface area contributed by atoms with Crippen molar-refractivity contribution in [2.45, 2.75) is 11.2 Å². The Morgan fingerprint density at radius 3 is 2.47 bits per heavy atom. The van der Waals surface area contributed by atoms with Gasteiger partial charge in [-0.3, -0.25) is 4.79 Å². The lowest BCUT2D eigenvalue weighted by atomic mass is 10.6. The second kappa shape index (κ2) is 5.17. The second-order valence-corrected chi connectivity index (χ2v) is 5.54. The Morgan fingerprint density at radius 1 is 1.53 bits per heavy atom. The number of imidazole rings is 1. The number of sulfonamides is 1. The average molecular weight is 301 g/mol. The van der Waals surface area contributed by atoms with Crippen molar-refractivity contribution in [1.82, 2.24) is 13.9 Å². The summed E-state index contributed by atoms with van der Waals surface area (Å²) in [6.07, 6.45) is -2.78. The van der Waals surface area contributed by atoms with Crippen molar-refractivity contribution < 1.29 is 31.5 Å². The Labute approximate surface area is 106 Å². The lowest BCUT2D eigenvalue weighted by molar-refractivity contribution is -0.146. The maximum atomic E-state index is 12.3. The van der Waals surface area contributed by atoms with E-state index in [1.165, 1.54) is 11.6 Å². The molecule has 0 aliphatic rings. The smallest absolute Gasteiger partial charge is 0.402 e. The highest BCUT2D eigenvalue weighted by molar-refractivity contribution is 7.89. The van der Waals surface area contributed by atoms with Crippen molar-refractivity contribution in [3.63, 3.8) is 0 Å². The van der Waals surface area contributed by atoms with Crippen LogP contribution in [0.25, 0.3) is 0 Å². The first-order valence-corrected chi connectivity index (χ1v) is 6.23. The summed E-state index contributed by atoms with van der Waals surface area (Å²) in [5, 5.41) is 7.86. The van der Waals surface area contributed by atoms with Crippen LogP contribution in [0, 0.1) is 0 Å². The maximum absolute atomic E-state index is 12.3. The number of carbonyl (C=O) groups is 1. The van der Waals surface area contributed by atoms with Gasteiger partial charge in [-0.15, -0.1) is 0 Å². The normalized spacial score (nSPS) is 12.9. The summed E-state index contributed by atoms with van der Waals surface area (Å²) in [5.74, 6) is -1.69. The van der Waals surface area contributed by atoms with Crippen molar-refractivity contribution >= 4 is 16.0 Å². The third-order valence-corrected chi connectivity index (χ3v) is 3.63. The van der Waals surface area contributed by atoms with Crippen molar-refractivity contribution in [2.75, 3.05) is 13.1 Å². The summed E-state index contributed by atoms with van der Waals surface area (Å²) < 4.78 is 61.6. The van der Waals surface area contributed by atoms with E-state index in [1.807, 2.05) is 0 Å². The van der Waals surface area contributed by atoms with E-state index in [4.69, 9.17) is 5.11 Å². The van der Waals surface area contributed by atoms with E-state index in [0.717, 1.165) is 12.5 Å². The molecule has 1 rings (SSSR count). The molecule has 0 aliphatic carbocycles. The van der Waals surface area contributed by atoms with E-state index in [0.29, 0.717) is 0 Å². The summed E-state index contributed by atoms with van der Waals surface area (Å²) >= 11 is 0. The Balaban J connectivity index is 3.12. The third kappa shape index (κ3) is 4.21. The predicted octanol–water partition coefficient (Wildman–Crippen LogP) is 0.0577. The molecule has 0 saturated carbocycles. The highest BCUT2D eigenvalue weighted by Gasteiger charge is 2.38. The quantitative estimate of drug-likeness (QED) is 0.830. The molecule has 108 valence electrons. The number of carboxylic acids is 1. The molecule has 0 bridgehead atoms. The SMILES string of the molecule is Cn1cnc(S(=O)(=O)N(CC(=O)O)CC(F)(F)F)c1. The summed E-state index contributed by atoms with van der Waals surface area (Å²) in [5.41, 5.74) is 0. The molecule has 7 nitrogen and oxygen atoms in total. The van der Waals surface area contributed by atoms with Crippen molar-refractivity contribution in [1.29, 1.82) is 0 Å². The van der Waals surface area contributed by atoms with Gasteiger partial charge in [0.2, 0.25) is 0 Å². The number of alkyl halides is 3. The molecule has 1 aromatic rings. The third-order valence-electron chi connectivity index (χ3n) is 1.95. The van der Waals surface area contributed by atoms with Crippen LogP contribution in [0.2, 0.25) is 0 Å². The van der Waals surface area contributed by atoms with Crippen LogP contribution in [-0.4, -0.2) is 52.6 Å². The summed E-state index contributed by atoms with van der Waals surface area (Å²) in [6.45, 7) is -3.18. The van der Waals surface area contributed by atoms with Gasteiger partial charge in [-0.05, 0) is 0 Å². The van der Waals surface area contributed by atoms with Gasteiger partial charge in [-0.2, -0.15) is 17.5 Å². The van der Waals surface area contributed by atoms with Crippen LogP contribution >= 0.6 is 0 Å². The van der Waals surface area contributed by atoms with Gasteiger partial charge in [-0.1, -0.05) is 0 Å². The first-order chi connectivity index (χ1) is 8.52. The van der Waals surface area contributed by atoms with E-state index < -0.39 is 40.3 Å². The molecule has 0 spiro atoms. The molecular formula is C8H10F3N3O4S. The lowest BCUT2D eigenvalue weighted by Crippen LogP contribution is -2.42.